The number of benzene rings is 8. The maximum Gasteiger partial charge on any atom is 0.143 e. The molecule has 1 aliphatic rings. The van der Waals surface area contributed by atoms with Crippen molar-refractivity contribution in [3.05, 3.63) is 188 Å². The lowest BCUT2D eigenvalue weighted by atomic mass is 9.93. The summed E-state index contributed by atoms with van der Waals surface area (Å²) >= 11 is 0. The molecule has 1 heterocycles. The zero-order chi connectivity index (χ0) is 31.9. The van der Waals surface area contributed by atoms with Crippen molar-refractivity contribution in [2.75, 3.05) is 4.90 Å². The van der Waals surface area contributed by atoms with Crippen molar-refractivity contribution in [2.24, 2.45) is 0 Å². The fourth-order valence-electron chi connectivity index (χ4n) is 6.90. The van der Waals surface area contributed by atoms with Gasteiger partial charge in [0.25, 0.3) is 0 Å². The van der Waals surface area contributed by atoms with Gasteiger partial charge in [-0.3, -0.25) is 0 Å². The second kappa shape index (κ2) is 11.8. The summed E-state index contributed by atoms with van der Waals surface area (Å²) in [5, 5.41) is 2.27. The van der Waals surface area contributed by atoms with Crippen molar-refractivity contribution in [2.45, 2.75) is 0 Å². The number of anilines is 3. The number of hydrogen-bond acceptors (Lipinski definition) is 2. The Hall–Kier alpha value is -6.38. The molecular formula is C46H31NO. The average Bonchev–Trinajstić information content (AvgIpc) is 3.31. The molecule has 0 aliphatic carbocycles. The van der Waals surface area contributed by atoms with Crippen LogP contribution >= 0.6 is 0 Å². The Bertz CT molecular complexity index is 2400. The third kappa shape index (κ3) is 4.92. The normalized spacial score (nSPS) is 11.5. The highest BCUT2D eigenvalue weighted by molar-refractivity contribution is 6.00. The number of nitrogens with zero attached hydrogens (tertiary/aromatic N) is 1. The molecule has 2 nitrogen and oxygen atoms in total. The summed E-state index contributed by atoms with van der Waals surface area (Å²) in [4.78, 5) is 2.30. The van der Waals surface area contributed by atoms with E-state index in [1.165, 1.54) is 33.4 Å². The first kappa shape index (κ1) is 27.9. The van der Waals surface area contributed by atoms with Crippen LogP contribution in [0.5, 0.6) is 11.5 Å². The van der Waals surface area contributed by atoms with E-state index in [0.717, 1.165) is 50.5 Å². The van der Waals surface area contributed by atoms with Crippen LogP contribution in [0, 0.1) is 0 Å². The molecule has 0 saturated carbocycles. The molecular weight excluding hydrogens is 583 g/mol. The highest BCUT2D eigenvalue weighted by Gasteiger charge is 2.24. The number of para-hydroxylation sites is 1. The summed E-state index contributed by atoms with van der Waals surface area (Å²) in [6.07, 6.45) is 0. The van der Waals surface area contributed by atoms with Crippen molar-refractivity contribution < 1.29 is 4.74 Å². The smallest absolute Gasteiger partial charge is 0.143 e. The molecule has 2 heteroatoms. The van der Waals surface area contributed by atoms with Crippen LogP contribution in [-0.2, 0) is 0 Å². The van der Waals surface area contributed by atoms with E-state index in [2.05, 4.69) is 193 Å². The SMILES string of the molecule is c1ccc(-c2ccc(-c3ccc(N(c4ccccc4)c4ccc5c(c4)Oc4c(ccc6ccccc46)-c4ccccc4-5)cc3)cc2)cc1. The molecule has 9 rings (SSSR count). The monoisotopic (exact) mass is 613 g/mol. The van der Waals surface area contributed by atoms with Gasteiger partial charge in [0.15, 0.2) is 0 Å². The number of rotatable bonds is 5. The Kier molecular flexibility index (Phi) is 6.84. The Morgan fingerprint density at radius 3 is 1.54 bits per heavy atom. The minimum atomic E-state index is 0.839. The summed E-state index contributed by atoms with van der Waals surface area (Å²) < 4.78 is 6.95. The molecule has 0 fully saturated rings. The summed E-state index contributed by atoms with van der Waals surface area (Å²) in [5.41, 5.74) is 12.5. The number of fused-ring (bicyclic) bond motifs is 7. The van der Waals surface area contributed by atoms with Gasteiger partial charge < -0.3 is 9.64 Å². The number of ether oxygens (including phenoxy) is 1. The Balaban J connectivity index is 1.13. The molecule has 0 aromatic heterocycles. The largest absolute Gasteiger partial charge is 0.455 e. The van der Waals surface area contributed by atoms with Gasteiger partial charge in [-0.1, -0.05) is 140 Å². The third-order valence-electron chi connectivity index (χ3n) is 9.29. The molecule has 226 valence electrons. The van der Waals surface area contributed by atoms with E-state index in [1.807, 2.05) is 0 Å². The second-order valence-electron chi connectivity index (χ2n) is 12.2. The van der Waals surface area contributed by atoms with Gasteiger partial charge in [-0.15, -0.1) is 0 Å². The van der Waals surface area contributed by atoms with E-state index in [9.17, 15) is 0 Å². The lowest BCUT2D eigenvalue weighted by Gasteiger charge is -2.26. The molecule has 0 saturated heterocycles. The highest BCUT2D eigenvalue weighted by atomic mass is 16.5. The molecule has 0 amide bonds. The van der Waals surface area contributed by atoms with Crippen molar-refractivity contribution in [3.63, 3.8) is 0 Å². The molecule has 0 radical (unpaired) electrons. The van der Waals surface area contributed by atoms with Crippen LogP contribution in [0.2, 0.25) is 0 Å². The zero-order valence-electron chi connectivity index (χ0n) is 26.3. The van der Waals surface area contributed by atoms with Gasteiger partial charge in [0.05, 0.1) is 0 Å². The van der Waals surface area contributed by atoms with Crippen LogP contribution < -0.4 is 9.64 Å². The Morgan fingerprint density at radius 2 is 0.833 bits per heavy atom. The fraction of sp³-hybridized carbons (Fsp3) is 0. The fourth-order valence-corrected chi connectivity index (χ4v) is 6.90. The summed E-state index contributed by atoms with van der Waals surface area (Å²) in [5.74, 6) is 1.73. The topological polar surface area (TPSA) is 12.5 Å². The van der Waals surface area contributed by atoms with E-state index < -0.39 is 0 Å². The van der Waals surface area contributed by atoms with Crippen LogP contribution in [0.1, 0.15) is 0 Å². The quantitative estimate of drug-likeness (QED) is 0.191. The summed E-state index contributed by atoms with van der Waals surface area (Å²) in [7, 11) is 0. The van der Waals surface area contributed by atoms with Crippen LogP contribution in [0.4, 0.5) is 17.1 Å². The van der Waals surface area contributed by atoms with E-state index in [4.69, 9.17) is 4.74 Å². The average molecular weight is 614 g/mol. The van der Waals surface area contributed by atoms with Crippen molar-refractivity contribution in [1.29, 1.82) is 0 Å². The molecule has 1 aliphatic heterocycles. The van der Waals surface area contributed by atoms with Gasteiger partial charge in [-0.25, -0.2) is 0 Å². The van der Waals surface area contributed by atoms with Crippen LogP contribution in [-0.4, -0.2) is 0 Å². The lowest BCUT2D eigenvalue weighted by Crippen LogP contribution is -2.10. The van der Waals surface area contributed by atoms with Gasteiger partial charge in [0, 0.05) is 39.6 Å². The minimum absolute atomic E-state index is 0.839. The van der Waals surface area contributed by atoms with Gasteiger partial charge in [-0.05, 0) is 81.2 Å². The van der Waals surface area contributed by atoms with Crippen molar-refractivity contribution in [3.8, 4) is 56.0 Å². The maximum absolute atomic E-state index is 6.95. The van der Waals surface area contributed by atoms with Gasteiger partial charge in [0.1, 0.15) is 11.5 Å². The lowest BCUT2D eigenvalue weighted by molar-refractivity contribution is 0.493. The van der Waals surface area contributed by atoms with Gasteiger partial charge in [-0.2, -0.15) is 0 Å². The van der Waals surface area contributed by atoms with E-state index >= 15 is 0 Å². The zero-order valence-corrected chi connectivity index (χ0v) is 26.3. The van der Waals surface area contributed by atoms with Crippen LogP contribution in [0.15, 0.2) is 188 Å². The number of hydrogen-bond donors (Lipinski definition) is 0. The third-order valence-corrected chi connectivity index (χ3v) is 9.29. The van der Waals surface area contributed by atoms with Crippen molar-refractivity contribution >= 4 is 27.8 Å². The molecule has 8 aromatic carbocycles. The second-order valence-corrected chi connectivity index (χ2v) is 12.2. The molecule has 8 aromatic rings. The first-order valence-electron chi connectivity index (χ1n) is 16.3. The maximum atomic E-state index is 6.95. The van der Waals surface area contributed by atoms with E-state index in [0.29, 0.717) is 0 Å². The van der Waals surface area contributed by atoms with Crippen molar-refractivity contribution in [1.82, 2.24) is 0 Å². The predicted octanol–water partition coefficient (Wildman–Crippen LogP) is 13.1. The minimum Gasteiger partial charge on any atom is -0.455 e. The Labute approximate surface area is 280 Å². The van der Waals surface area contributed by atoms with Crippen LogP contribution in [0.3, 0.4) is 0 Å². The molecule has 0 bridgehead atoms. The van der Waals surface area contributed by atoms with E-state index in [-0.39, 0.29) is 0 Å². The van der Waals surface area contributed by atoms with Crippen LogP contribution in [0.25, 0.3) is 55.3 Å². The van der Waals surface area contributed by atoms with Gasteiger partial charge in [0.2, 0.25) is 0 Å². The molecule has 0 N–H and O–H groups in total. The molecule has 48 heavy (non-hydrogen) atoms. The van der Waals surface area contributed by atoms with E-state index in [1.54, 1.807) is 0 Å². The highest BCUT2D eigenvalue weighted by Crippen LogP contribution is 2.50. The summed E-state index contributed by atoms with van der Waals surface area (Å²) in [6.45, 7) is 0. The molecule has 0 unspecified atom stereocenters. The molecule has 0 spiro atoms. The first-order chi connectivity index (χ1) is 23.8. The first-order valence-corrected chi connectivity index (χ1v) is 16.3. The predicted molar refractivity (Wildman–Crippen MR) is 200 cm³/mol. The standard InChI is InChI=1S/C46H31NO/c1-3-11-32(12-4-1)33-19-21-34(22-20-33)35-23-26-38(27-24-35)47(37-14-5-2-6-15-37)39-28-30-43-41-17-9-10-18-42(41)44-29-25-36-13-7-8-16-40(36)46(44)48-45(43)31-39/h1-31H. The van der Waals surface area contributed by atoms with Gasteiger partial charge >= 0.3 is 0 Å². The summed E-state index contributed by atoms with van der Waals surface area (Å²) in [6, 6.07) is 66.7. The molecule has 0 atom stereocenters. The Morgan fingerprint density at radius 1 is 0.333 bits per heavy atom.